The summed E-state index contributed by atoms with van der Waals surface area (Å²) in [5, 5.41) is 17.8. The Morgan fingerprint density at radius 3 is 2.25 bits per heavy atom. The SMILES string of the molecule is COCC(CO)(CO)COC=O. The van der Waals surface area contributed by atoms with Gasteiger partial charge in [-0.25, -0.2) is 0 Å². The minimum absolute atomic E-state index is 0.0443. The minimum Gasteiger partial charge on any atom is -0.467 e. The summed E-state index contributed by atoms with van der Waals surface area (Å²) in [5.74, 6) is 0. The predicted molar refractivity (Wildman–Crippen MR) is 40.5 cm³/mol. The Labute approximate surface area is 70.9 Å². The fraction of sp³-hybridized carbons (Fsp3) is 0.857. The first-order chi connectivity index (χ1) is 5.74. The van der Waals surface area contributed by atoms with E-state index in [-0.39, 0.29) is 32.9 Å². The molecule has 0 aliphatic rings. The molecule has 0 aromatic rings. The van der Waals surface area contributed by atoms with Crippen LogP contribution in [-0.4, -0.2) is 50.2 Å². The summed E-state index contributed by atoms with van der Waals surface area (Å²) in [6.45, 7) is -0.197. The van der Waals surface area contributed by atoms with Crippen molar-refractivity contribution in [3.05, 3.63) is 0 Å². The first-order valence-electron chi connectivity index (χ1n) is 3.50. The van der Waals surface area contributed by atoms with E-state index in [1.165, 1.54) is 7.11 Å². The second-order valence-corrected chi connectivity index (χ2v) is 2.66. The van der Waals surface area contributed by atoms with E-state index in [2.05, 4.69) is 4.74 Å². The van der Waals surface area contributed by atoms with Crippen LogP contribution in [0.15, 0.2) is 0 Å². The van der Waals surface area contributed by atoms with Gasteiger partial charge in [-0.3, -0.25) is 4.79 Å². The van der Waals surface area contributed by atoms with Gasteiger partial charge in [-0.1, -0.05) is 0 Å². The monoisotopic (exact) mass is 178 g/mol. The summed E-state index contributed by atoms with van der Waals surface area (Å²) in [6.07, 6.45) is 0. The third kappa shape index (κ3) is 3.17. The van der Waals surface area contributed by atoms with Crippen LogP contribution in [0.5, 0.6) is 0 Å². The van der Waals surface area contributed by atoms with Crippen LogP contribution in [0, 0.1) is 5.41 Å². The molecule has 0 heterocycles. The van der Waals surface area contributed by atoms with Crippen molar-refractivity contribution in [2.75, 3.05) is 33.5 Å². The predicted octanol–water partition coefficient (Wildman–Crippen LogP) is -1.22. The van der Waals surface area contributed by atoms with Crippen LogP contribution in [0.2, 0.25) is 0 Å². The van der Waals surface area contributed by atoms with Crippen LogP contribution in [-0.2, 0) is 14.3 Å². The van der Waals surface area contributed by atoms with E-state index in [0.717, 1.165) is 0 Å². The van der Waals surface area contributed by atoms with Crippen molar-refractivity contribution in [1.29, 1.82) is 0 Å². The molecule has 0 rings (SSSR count). The zero-order valence-electron chi connectivity index (χ0n) is 7.02. The van der Waals surface area contributed by atoms with Gasteiger partial charge in [-0.15, -0.1) is 0 Å². The maximum Gasteiger partial charge on any atom is 0.293 e. The summed E-state index contributed by atoms with van der Waals surface area (Å²) in [7, 11) is 1.45. The van der Waals surface area contributed by atoms with Crippen LogP contribution < -0.4 is 0 Å². The summed E-state index contributed by atoms with van der Waals surface area (Å²) in [6, 6.07) is 0. The molecule has 0 amide bonds. The van der Waals surface area contributed by atoms with Crippen LogP contribution in [0.4, 0.5) is 0 Å². The number of hydrogen-bond donors (Lipinski definition) is 2. The molecule has 5 heteroatoms. The largest absolute Gasteiger partial charge is 0.467 e. The van der Waals surface area contributed by atoms with Crippen molar-refractivity contribution in [2.24, 2.45) is 5.41 Å². The van der Waals surface area contributed by atoms with Gasteiger partial charge in [0.25, 0.3) is 6.47 Å². The van der Waals surface area contributed by atoms with Gasteiger partial charge >= 0.3 is 0 Å². The van der Waals surface area contributed by atoms with E-state index in [0.29, 0.717) is 0 Å². The summed E-state index contributed by atoms with van der Waals surface area (Å²) < 4.78 is 9.22. The molecule has 0 aliphatic heterocycles. The van der Waals surface area contributed by atoms with Crippen LogP contribution in [0.1, 0.15) is 0 Å². The Kier molecular flexibility index (Phi) is 5.61. The Hall–Kier alpha value is -0.650. The molecule has 0 aromatic heterocycles. The smallest absolute Gasteiger partial charge is 0.293 e. The van der Waals surface area contributed by atoms with Gasteiger partial charge in [-0.05, 0) is 0 Å². The topological polar surface area (TPSA) is 76.0 Å². The van der Waals surface area contributed by atoms with Gasteiger partial charge in [0.1, 0.15) is 6.61 Å². The Morgan fingerprint density at radius 1 is 1.33 bits per heavy atom. The molecule has 0 atom stereocenters. The molecule has 12 heavy (non-hydrogen) atoms. The minimum atomic E-state index is -0.879. The van der Waals surface area contributed by atoms with E-state index in [9.17, 15) is 4.79 Å². The fourth-order valence-electron chi connectivity index (χ4n) is 0.791. The van der Waals surface area contributed by atoms with Crippen molar-refractivity contribution < 1.29 is 24.5 Å². The van der Waals surface area contributed by atoms with E-state index in [1.54, 1.807) is 0 Å². The molecule has 0 radical (unpaired) electrons. The summed E-state index contributed by atoms with van der Waals surface area (Å²) >= 11 is 0. The fourth-order valence-corrected chi connectivity index (χ4v) is 0.791. The lowest BCUT2D eigenvalue weighted by molar-refractivity contribution is -0.137. The highest BCUT2D eigenvalue weighted by molar-refractivity contribution is 5.37. The lowest BCUT2D eigenvalue weighted by Gasteiger charge is -2.27. The maximum atomic E-state index is 9.86. The van der Waals surface area contributed by atoms with E-state index < -0.39 is 5.41 Å². The highest BCUT2D eigenvalue weighted by Crippen LogP contribution is 2.15. The van der Waals surface area contributed by atoms with Crippen molar-refractivity contribution in [2.45, 2.75) is 0 Å². The van der Waals surface area contributed by atoms with E-state index in [4.69, 9.17) is 14.9 Å². The third-order valence-electron chi connectivity index (χ3n) is 1.58. The Balaban J connectivity index is 4.03. The lowest BCUT2D eigenvalue weighted by atomic mass is 9.92. The number of methoxy groups -OCH3 is 1. The van der Waals surface area contributed by atoms with Crippen LogP contribution in [0.3, 0.4) is 0 Å². The molecule has 0 spiro atoms. The molecule has 2 N–H and O–H groups in total. The van der Waals surface area contributed by atoms with E-state index >= 15 is 0 Å². The maximum absolute atomic E-state index is 9.86. The number of ether oxygens (including phenoxy) is 2. The Bertz CT molecular complexity index is 121. The molecule has 0 aromatic carbocycles. The number of aliphatic hydroxyl groups is 2. The van der Waals surface area contributed by atoms with Gasteiger partial charge in [0.05, 0.1) is 25.2 Å². The third-order valence-corrected chi connectivity index (χ3v) is 1.58. The standard InChI is InChI=1S/C7H14O5/c1-11-4-7(2-8,3-9)5-12-6-10/h6,8-9H,2-5H2,1H3. The molecule has 0 fully saturated rings. The second-order valence-electron chi connectivity index (χ2n) is 2.66. The summed E-state index contributed by atoms with van der Waals surface area (Å²) in [4.78, 5) is 9.86. The number of rotatable bonds is 7. The molecular formula is C7H14O5. The number of hydrogen-bond acceptors (Lipinski definition) is 5. The van der Waals surface area contributed by atoms with Gasteiger partial charge in [-0.2, -0.15) is 0 Å². The zero-order chi connectivity index (χ0) is 9.45. The van der Waals surface area contributed by atoms with Crippen LogP contribution >= 0.6 is 0 Å². The van der Waals surface area contributed by atoms with Crippen molar-refractivity contribution >= 4 is 6.47 Å². The molecular weight excluding hydrogens is 164 g/mol. The molecule has 0 bridgehead atoms. The molecule has 72 valence electrons. The second kappa shape index (κ2) is 5.93. The van der Waals surface area contributed by atoms with Crippen molar-refractivity contribution in [3.63, 3.8) is 0 Å². The Morgan fingerprint density at radius 2 is 1.92 bits per heavy atom. The molecule has 0 unspecified atom stereocenters. The first kappa shape index (κ1) is 11.4. The number of carbonyl (C=O) groups is 1. The average molecular weight is 178 g/mol. The number of carbonyl (C=O) groups excluding carboxylic acids is 1. The molecule has 0 saturated carbocycles. The van der Waals surface area contributed by atoms with Crippen LogP contribution in [0.25, 0.3) is 0 Å². The van der Waals surface area contributed by atoms with Gasteiger partial charge in [0, 0.05) is 7.11 Å². The number of aliphatic hydroxyl groups excluding tert-OH is 2. The van der Waals surface area contributed by atoms with Gasteiger partial charge in [0.2, 0.25) is 0 Å². The summed E-state index contributed by atoms with van der Waals surface area (Å²) in [5.41, 5.74) is -0.879. The normalized spacial score (nSPS) is 11.2. The highest BCUT2D eigenvalue weighted by atomic mass is 16.5. The first-order valence-corrected chi connectivity index (χ1v) is 3.50. The van der Waals surface area contributed by atoms with E-state index in [1.807, 2.05) is 0 Å². The molecule has 0 aliphatic carbocycles. The van der Waals surface area contributed by atoms with Crippen molar-refractivity contribution in [1.82, 2.24) is 0 Å². The molecule has 5 nitrogen and oxygen atoms in total. The molecule has 0 saturated heterocycles. The zero-order valence-corrected chi connectivity index (χ0v) is 7.02. The van der Waals surface area contributed by atoms with Gasteiger partial charge < -0.3 is 19.7 Å². The average Bonchev–Trinajstić information content (AvgIpc) is 2.13. The van der Waals surface area contributed by atoms with Crippen molar-refractivity contribution in [3.8, 4) is 0 Å². The lowest BCUT2D eigenvalue weighted by Crippen LogP contribution is -2.39. The highest BCUT2D eigenvalue weighted by Gasteiger charge is 2.29. The quantitative estimate of drug-likeness (QED) is 0.478. The van der Waals surface area contributed by atoms with Gasteiger partial charge in [0.15, 0.2) is 0 Å².